The zero-order valence-corrected chi connectivity index (χ0v) is 8.50. The molecule has 1 rings (SSSR count). The molecule has 0 aromatic carbocycles. The number of aliphatic hydroxyl groups excluding tert-OH is 2. The minimum atomic E-state index is -0.116. The number of hydrogen-bond acceptors (Lipinski definition) is 5. The van der Waals surface area contributed by atoms with Crippen molar-refractivity contribution in [3.63, 3.8) is 0 Å². The first-order valence-electron chi connectivity index (χ1n) is 4.72. The van der Waals surface area contributed by atoms with E-state index in [1.54, 1.807) is 18.2 Å². The fourth-order valence-electron chi connectivity index (χ4n) is 1.18. The van der Waals surface area contributed by atoms with Gasteiger partial charge in [-0.15, -0.1) is 11.7 Å². The van der Waals surface area contributed by atoms with Gasteiger partial charge < -0.3 is 15.1 Å². The molecule has 1 aromatic rings. The fourth-order valence-corrected chi connectivity index (χ4v) is 1.18. The molecule has 0 bridgehead atoms. The van der Waals surface area contributed by atoms with Crippen LogP contribution >= 0.6 is 0 Å². The first-order valence-corrected chi connectivity index (χ1v) is 4.72. The summed E-state index contributed by atoms with van der Waals surface area (Å²) >= 11 is 0. The topological polar surface area (TPSA) is 69.5 Å². The molecule has 0 saturated carbocycles. The Hall–Kier alpha value is -1.46. The monoisotopic (exact) mass is 209 g/mol. The highest BCUT2D eigenvalue weighted by Gasteiger charge is 2.05. The number of rotatable bonds is 6. The van der Waals surface area contributed by atoms with Gasteiger partial charge in [-0.1, -0.05) is 6.08 Å². The zero-order chi connectivity index (χ0) is 11.1. The Labute approximate surface area is 88.7 Å². The van der Waals surface area contributed by atoms with Crippen LogP contribution in [0.3, 0.4) is 0 Å². The first kappa shape index (κ1) is 11.6. The Kier molecular flexibility index (Phi) is 4.73. The lowest BCUT2D eigenvalue weighted by Crippen LogP contribution is -2.27. The van der Waals surface area contributed by atoms with Crippen LogP contribution < -0.4 is 4.90 Å². The molecule has 0 radical (unpaired) electrons. The van der Waals surface area contributed by atoms with Gasteiger partial charge in [-0.25, -0.2) is 0 Å². The number of anilines is 1. The molecule has 5 heteroatoms. The molecule has 0 aliphatic carbocycles. The molecular formula is C10H15N3O2. The number of hydrogen-bond donors (Lipinski definition) is 2. The summed E-state index contributed by atoms with van der Waals surface area (Å²) in [5.41, 5.74) is 0.529. The second kappa shape index (κ2) is 6.10. The van der Waals surface area contributed by atoms with Gasteiger partial charge in [-0.3, -0.25) is 0 Å². The Bertz CT molecular complexity index is 300. The Balaban J connectivity index is 2.76. The molecule has 1 heterocycles. The third-order valence-electron chi connectivity index (χ3n) is 1.91. The summed E-state index contributed by atoms with van der Waals surface area (Å²) in [6.45, 7) is 4.66. The normalized spacial score (nSPS) is 10.0. The van der Waals surface area contributed by atoms with Gasteiger partial charge >= 0.3 is 0 Å². The van der Waals surface area contributed by atoms with Crippen molar-refractivity contribution in [2.75, 3.05) is 24.6 Å². The van der Waals surface area contributed by atoms with Crippen molar-refractivity contribution in [2.45, 2.75) is 6.61 Å². The van der Waals surface area contributed by atoms with E-state index < -0.39 is 0 Å². The predicted molar refractivity (Wildman–Crippen MR) is 57.5 cm³/mol. The van der Waals surface area contributed by atoms with Crippen LogP contribution in [0, 0.1) is 0 Å². The molecule has 15 heavy (non-hydrogen) atoms. The second-order valence-corrected chi connectivity index (χ2v) is 3.00. The van der Waals surface area contributed by atoms with E-state index in [0.29, 0.717) is 24.6 Å². The van der Waals surface area contributed by atoms with Crippen molar-refractivity contribution >= 4 is 5.82 Å². The van der Waals surface area contributed by atoms with Crippen LogP contribution in [0.25, 0.3) is 0 Å². The Morgan fingerprint density at radius 3 is 2.60 bits per heavy atom. The summed E-state index contributed by atoms with van der Waals surface area (Å²) in [5.74, 6) is 0.668. The van der Waals surface area contributed by atoms with Gasteiger partial charge in [-0.2, -0.15) is 5.10 Å². The summed E-state index contributed by atoms with van der Waals surface area (Å²) in [4.78, 5) is 1.85. The Morgan fingerprint density at radius 1 is 1.33 bits per heavy atom. The molecule has 0 saturated heterocycles. The van der Waals surface area contributed by atoms with Gasteiger partial charge in [0.1, 0.15) is 0 Å². The molecule has 5 nitrogen and oxygen atoms in total. The van der Waals surface area contributed by atoms with E-state index in [-0.39, 0.29) is 13.2 Å². The van der Waals surface area contributed by atoms with E-state index >= 15 is 0 Å². The molecule has 2 N–H and O–H groups in total. The number of aliphatic hydroxyl groups is 2. The van der Waals surface area contributed by atoms with Crippen LogP contribution in [0.15, 0.2) is 24.8 Å². The average molecular weight is 209 g/mol. The second-order valence-electron chi connectivity index (χ2n) is 3.00. The smallest absolute Gasteiger partial charge is 0.151 e. The average Bonchev–Trinajstić information content (AvgIpc) is 2.29. The van der Waals surface area contributed by atoms with Gasteiger partial charge in [0.15, 0.2) is 5.82 Å². The predicted octanol–water partition coefficient (Wildman–Crippen LogP) is -0.0464. The molecule has 0 aliphatic rings. The third kappa shape index (κ3) is 3.30. The van der Waals surface area contributed by atoms with Gasteiger partial charge in [0.25, 0.3) is 0 Å². The maximum Gasteiger partial charge on any atom is 0.151 e. The minimum Gasteiger partial charge on any atom is -0.395 e. The lowest BCUT2D eigenvalue weighted by atomic mass is 10.3. The number of nitrogens with zero attached hydrogens (tertiary/aromatic N) is 3. The van der Waals surface area contributed by atoms with Crippen molar-refractivity contribution < 1.29 is 10.2 Å². The fraction of sp³-hybridized carbons (Fsp3) is 0.400. The van der Waals surface area contributed by atoms with E-state index in [1.807, 2.05) is 4.90 Å². The quantitative estimate of drug-likeness (QED) is 0.643. The van der Waals surface area contributed by atoms with Crippen LogP contribution in [0.2, 0.25) is 0 Å². The highest BCUT2D eigenvalue weighted by atomic mass is 16.3. The zero-order valence-electron chi connectivity index (χ0n) is 8.50. The van der Waals surface area contributed by atoms with Gasteiger partial charge in [0.05, 0.1) is 18.9 Å². The molecule has 0 atom stereocenters. The van der Waals surface area contributed by atoms with E-state index in [4.69, 9.17) is 10.2 Å². The van der Waals surface area contributed by atoms with E-state index in [1.165, 1.54) is 0 Å². The molecular weight excluding hydrogens is 194 g/mol. The molecule has 0 aliphatic heterocycles. The SMILES string of the molecule is C=CCN(CCO)c1ccc(CO)nn1. The molecule has 82 valence electrons. The van der Waals surface area contributed by atoms with Gasteiger partial charge in [-0.05, 0) is 12.1 Å². The standard InChI is InChI=1S/C10H15N3O2/c1-2-5-13(6-7-14)10-4-3-9(8-15)11-12-10/h2-4,14-15H,1,5-8H2. The van der Waals surface area contributed by atoms with Gasteiger partial charge in [0, 0.05) is 13.1 Å². The minimum absolute atomic E-state index is 0.0528. The van der Waals surface area contributed by atoms with Crippen molar-refractivity contribution in [1.29, 1.82) is 0 Å². The summed E-state index contributed by atoms with van der Waals surface area (Å²) in [7, 11) is 0. The van der Waals surface area contributed by atoms with Gasteiger partial charge in [0.2, 0.25) is 0 Å². The van der Waals surface area contributed by atoms with Crippen LogP contribution in [0.4, 0.5) is 5.82 Å². The lowest BCUT2D eigenvalue weighted by molar-refractivity contribution is 0.275. The molecule has 0 amide bonds. The van der Waals surface area contributed by atoms with Crippen molar-refractivity contribution in [1.82, 2.24) is 10.2 Å². The molecule has 0 fully saturated rings. The summed E-state index contributed by atoms with van der Waals surface area (Å²) in [6, 6.07) is 3.47. The van der Waals surface area contributed by atoms with Crippen molar-refractivity contribution in [3.8, 4) is 0 Å². The Morgan fingerprint density at radius 2 is 2.13 bits per heavy atom. The van der Waals surface area contributed by atoms with Crippen molar-refractivity contribution in [2.24, 2.45) is 0 Å². The summed E-state index contributed by atoms with van der Waals surface area (Å²) in [5, 5.41) is 25.4. The molecule has 1 aromatic heterocycles. The van der Waals surface area contributed by atoms with Crippen LogP contribution in [-0.4, -0.2) is 40.1 Å². The van der Waals surface area contributed by atoms with E-state index in [2.05, 4.69) is 16.8 Å². The summed E-state index contributed by atoms with van der Waals surface area (Å²) < 4.78 is 0. The maximum atomic E-state index is 8.86. The first-order chi connectivity index (χ1) is 7.31. The third-order valence-corrected chi connectivity index (χ3v) is 1.91. The summed E-state index contributed by atoms with van der Waals surface area (Å²) in [6.07, 6.45) is 1.73. The van der Waals surface area contributed by atoms with Crippen LogP contribution in [0.5, 0.6) is 0 Å². The van der Waals surface area contributed by atoms with E-state index in [0.717, 1.165) is 0 Å². The lowest BCUT2D eigenvalue weighted by Gasteiger charge is -2.20. The van der Waals surface area contributed by atoms with E-state index in [9.17, 15) is 0 Å². The van der Waals surface area contributed by atoms with Crippen LogP contribution in [0.1, 0.15) is 5.69 Å². The number of aromatic nitrogens is 2. The van der Waals surface area contributed by atoms with Crippen LogP contribution in [-0.2, 0) is 6.61 Å². The molecule has 0 spiro atoms. The van der Waals surface area contributed by atoms with Crippen molar-refractivity contribution in [3.05, 3.63) is 30.5 Å². The highest BCUT2D eigenvalue weighted by molar-refractivity contribution is 5.38. The molecule has 0 unspecified atom stereocenters. The highest BCUT2D eigenvalue weighted by Crippen LogP contribution is 2.08. The largest absolute Gasteiger partial charge is 0.395 e. The maximum absolute atomic E-state index is 8.86.